The molecule has 1 aliphatic rings. The number of fused-ring (bicyclic) bond motifs is 1. The van der Waals surface area contributed by atoms with Crippen LogP contribution in [0.2, 0.25) is 0 Å². The minimum Gasteiger partial charge on any atom is -0.382 e. The van der Waals surface area contributed by atoms with Gasteiger partial charge in [0, 0.05) is 35.1 Å². The second-order valence-corrected chi connectivity index (χ2v) is 12.4. The van der Waals surface area contributed by atoms with E-state index in [1.807, 2.05) is 24.5 Å². The van der Waals surface area contributed by atoms with Gasteiger partial charge < -0.3 is 25.8 Å². The maximum absolute atomic E-state index is 4.90. The van der Waals surface area contributed by atoms with Crippen LogP contribution < -0.4 is 21.3 Å². The summed E-state index contributed by atoms with van der Waals surface area (Å²) in [5, 5.41) is 15.1. The van der Waals surface area contributed by atoms with Crippen molar-refractivity contribution in [3.05, 3.63) is 66.1 Å². The van der Waals surface area contributed by atoms with Crippen LogP contribution in [0, 0.1) is 0 Å². The fraction of sp³-hybridized carbons (Fsp3) is 0.464. The van der Waals surface area contributed by atoms with Crippen molar-refractivity contribution in [3.8, 4) is 0 Å². The first-order valence-corrected chi connectivity index (χ1v) is 13.8. The molecule has 0 saturated carbocycles. The summed E-state index contributed by atoms with van der Waals surface area (Å²) in [6.45, 7) is 22.0. The van der Waals surface area contributed by atoms with Crippen LogP contribution in [-0.4, -0.2) is 42.4 Å². The molecule has 37 heavy (non-hydrogen) atoms. The highest BCUT2D eigenvalue weighted by atomic mass is 32.2. The lowest BCUT2D eigenvalue weighted by Crippen LogP contribution is -2.49. The predicted molar refractivity (Wildman–Crippen MR) is 157 cm³/mol. The van der Waals surface area contributed by atoms with Crippen molar-refractivity contribution in [2.75, 3.05) is 16.4 Å². The van der Waals surface area contributed by atoms with Crippen LogP contribution in [-0.2, 0) is 6.54 Å². The van der Waals surface area contributed by atoms with Crippen molar-refractivity contribution in [1.82, 2.24) is 30.2 Å². The average molecular weight is 521 g/mol. The fourth-order valence-electron chi connectivity index (χ4n) is 4.92. The van der Waals surface area contributed by atoms with Gasteiger partial charge >= 0.3 is 0 Å². The summed E-state index contributed by atoms with van der Waals surface area (Å²) in [5.74, 6) is 2.25. The molecule has 1 fully saturated rings. The van der Waals surface area contributed by atoms with Gasteiger partial charge in [0.15, 0.2) is 17.0 Å². The topological polar surface area (TPSA) is 91.7 Å². The predicted octanol–water partition coefficient (Wildman–Crippen LogP) is 5.66. The highest BCUT2D eigenvalue weighted by Crippen LogP contribution is 2.29. The van der Waals surface area contributed by atoms with Crippen LogP contribution in [0.15, 0.2) is 60.5 Å². The summed E-state index contributed by atoms with van der Waals surface area (Å²) < 4.78 is 2.08. The van der Waals surface area contributed by atoms with E-state index in [4.69, 9.17) is 9.97 Å². The van der Waals surface area contributed by atoms with Crippen molar-refractivity contribution in [1.29, 1.82) is 0 Å². The zero-order valence-electron chi connectivity index (χ0n) is 22.9. The van der Waals surface area contributed by atoms with Gasteiger partial charge in [-0.3, -0.25) is 0 Å². The van der Waals surface area contributed by atoms with Crippen LogP contribution >= 0.6 is 11.8 Å². The largest absolute Gasteiger partial charge is 0.382 e. The Hall–Kier alpha value is -3.20. The first-order valence-electron chi connectivity index (χ1n) is 12.8. The van der Waals surface area contributed by atoms with Crippen LogP contribution in [0.25, 0.3) is 11.2 Å². The van der Waals surface area contributed by atoms with Gasteiger partial charge in [-0.15, -0.1) is 11.8 Å². The molecule has 1 aliphatic heterocycles. The Balaban J connectivity index is 1.53. The number of rotatable bonds is 11. The van der Waals surface area contributed by atoms with Gasteiger partial charge in [-0.2, -0.15) is 9.97 Å². The van der Waals surface area contributed by atoms with Crippen LogP contribution in [0.1, 0.15) is 59.6 Å². The van der Waals surface area contributed by atoms with Gasteiger partial charge in [0.2, 0.25) is 5.95 Å². The molecule has 4 N–H and O–H groups in total. The second-order valence-electron chi connectivity index (χ2n) is 11.3. The molecule has 0 spiro atoms. The molecule has 4 rings (SSSR count). The molecule has 8 nitrogen and oxygen atoms in total. The zero-order valence-corrected chi connectivity index (χ0v) is 23.7. The maximum atomic E-state index is 4.90. The Morgan fingerprint density at radius 2 is 1.89 bits per heavy atom. The molecule has 1 unspecified atom stereocenters. The Labute approximate surface area is 224 Å². The monoisotopic (exact) mass is 520 g/mol. The molecule has 2 aromatic heterocycles. The highest BCUT2D eigenvalue weighted by Gasteiger charge is 2.32. The summed E-state index contributed by atoms with van der Waals surface area (Å²) in [5.41, 5.74) is 3.24. The van der Waals surface area contributed by atoms with Crippen LogP contribution in [0.5, 0.6) is 0 Å². The summed E-state index contributed by atoms with van der Waals surface area (Å²) in [6.07, 6.45) is 2.66. The minimum absolute atomic E-state index is 0.188. The molecule has 3 heterocycles. The summed E-state index contributed by atoms with van der Waals surface area (Å²) in [4.78, 5) is 14.4. The molecule has 9 heteroatoms. The Bertz CT molecular complexity index is 1260. The van der Waals surface area contributed by atoms with Gasteiger partial charge in [-0.1, -0.05) is 43.5 Å². The first kappa shape index (κ1) is 26.9. The summed E-state index contributed by atoms with van der Waals surface area (Å²) >= 11 is 1.73. The number of thioether (sulfide) groups is 1. The smallest absolute Gasteiger partial charge is 0.227 e. The van der Waals surface area contributed by atoms with Crippen molar-refractivity contribution >= 4 is 34.7 Å². The molecule has 0 radical (unpaired) electrons. The molecule has 1 atom stereocenters. The number of benzene rings is 1. The Kier molecular flexibility index (Phi) is 7.73. The van der Waals surface area contributed by atoms with Crippen LogP contribution in [0.4, 0.5) is 11.8 Å². The van der Waals surface area contributed by atoms with E-state index in [0.717, 1.165) is 39.9 Å². The van der Waals surface area contributed by atoms with E-state index in [-0.39, 0.29) is 23.2 Å². The van der Waals surface area contributed by atoms with E-state index >= 15 is 0 Å². The van der Waals surface area contributed by atoms with E-state index in [1.165, 1.54) is 5.56 Å². The van der Waals surface area contributed by atoms with E-state index in [0.29, 0.717) is 12.5 Å². The van der Waals surface area contributed by atoms with Crippen molar-refractivity contribution < 1.29 is 0 Å². The Morgan fingerprint density at radius 1 is 1.16 bits per heavy atom. The highest BCUT2D eigenvalue weighted by molar-refractivity contribution is 8.03. The first-order chi connectivity index (χ1) is 17.4. The lowest BCUT2D eigenvalue weighted by atomic mass is 9.86. The number of imidazole rings is 1. The second kappa shape index (κ2) is 10.7. The summed E-state index contributed by atoms with van der Waals surface area (Å²) in [6, 6.07) is 10.7. The molecule has 0 aliphatic carbocycles. The van der Waals surface area contributed by atoms with Gasteiger partial charge in [0.05, 0.1) is 17.4 Å². The lowest BCUT2D eigenvalue weighted by molar-refractivity contribution is 0.318. The van der Waals surface area contributed by atoms with Crippen molar-refractivity contribution in [2.45, 2.75) is 77.7 Å². The quantitative estimate of drug-likeness (QED) is 0.258. The Morgan fingerprint density at radius 3 is 2.54 bits per heavy atom. The molecule has 1 aromatic carbocycles. The van der Waals surface area contributed by atoms with E-state index in [1.54, 1.807) is 11.8 Å². The molecule has 0 bridgehead atoms. The number of nitrogens with one attached hydrogen (secondary N) is 4. The standard InChI is InChI=1S/C28H40N8S/c1-18(2)36-17-30-23-24(29-14-21-12-10-9-11-13-21)32-26(33-25(23)36)35-28(7,8)16-27(5,6)34-19(3)22-15-37-20(4)31-22/h9-13,17-18,22,31,34H,3-4,14-16H2,1-2,5-8H3,(H2,29,32,33,35). The number of anilines is 2. The average Bonchev–Trinajstić information content (AvgIpc) is 3.43. The lowest BCUT2D eigenvalue weighted by Gasteiger charge is -2.38. The number of hydrogen-bond acceptors (Lipinski definition) is 8. The zero-order chi connectivity index (χ0) is 26.8. The molecular formula is C28H40N8S. The molecule has 198 valence electrons. The molecule has 0 amide bonds. The number of hydrogen-bond donors (Lipinski definition) is 4. The molecule has 3 aromatic rings. The fourth-order valence-corrected chi connectivity index (χ4v) is 5.80. The van der Waals surface area contributed by atoms with Gasteiger partial charge in [-0.05, 0) is 53.5 Å². The van der Waals surface area contributed by atoms with E-state index < -0.39 is 0 Å². The van der Waals surface area contributed by atoms with E-state index in [9.17, 15) is 0 Å². The molecule has 1 saturated heterocycles. The maximum Gasteiger partial charge on any atom is 0.227 e. The third-order valence-corrected chi connectivity index (χ3v) is 7.26. The number of aromatic nitrogens is 4. The normalized spacial score (nSPS) is 16.2. The summed E-state index contributed by atoms with van der Waals surface area (Å²) in [7, 11) is 0. The third kappa shape index (κ3) is 6.77. The van der Waals surface area contributed by atoms with Gasteiger partial charge in [-0.25, -0.2) is 4.98 Å². The minimum atomic E-state index is -0.300. The SMILES string of the molecule is C=C1NC(C(=C)NC(C)(C)CC(C)(C)Nc2nc(NCc3ccccc3)c3ncn(C(C)C)c3n2)CS1. The van der Waals surface area contributed by atoms with Crippen molar-refractivity contribution in [3.63, 3.8) is 0 Å². The van der Waals surface area contributed by atoms with Gasteiger partial charge in [0.1, 0.15) is 0 Å². The van der Waals surface area contributed by atoms with Gasteiger partial charge in [0.25, 0.3) is 0 Å². The van der Waals surface area contributed by atoms with E-state index in [2.05, 4.69) is 97.7 Å². The third-order valence-electron chi connectivity index (χ3n) is 6.29. The van der Waals surface area contributed by atoms with Crippen molar-refractivity contribution in [2.24, 2.45) is 0 Å². The molecular weight excluding hydrogens is 480 g/mol. The van der Waals surface area contributed by atoms with Crippen LogP contribution in [0.3, 0.4) is 0 Å². The number of nitrogens with zero attached hydrogens (tertiary/aromatic N) is 4.